The minimum atomic E-state index is -2.12. The largest absolute Gasteiger partial charge is 0.244 e. The predicted octanol–water partition coefficient (Wildman–Crippen LogP) is 9.96. The quantitative estimate of drug-likeness (QED) is 0.394. The van der Waals surface area contributed by atoms with Gasteiger partial charge < -0.3 is 0 Å². The summed E-state index contributed by atoms with van der Waals surface area (Å²) < 4.78 is 33.7. The third-order valence-corrected chi connectivity index (χ3v) is 5.65. The Morgan fingerprint density at radius 1 is 0.828 bits per heavy atom. The van der Waals surface area contributed by atoms with Crippen molar-refractivity contribution in [3.8, 4) is 0 Å². The Labute approximate surface area is 181 Å². The molecule has 0 aromatic heterocycles. The Morgan fingerprint density at radius 3 is 1.03 bits per heavy atom. The van der Waals surface area contributed by atoms with Gasteiger partial charge in [-0.2, -0.15) is 0 Å². The molecule has 4 saturated carbocycles. The topological polar surface area (TPSA) is 0 Å². The molecule has 0 N–H and O–H groups in total. The monoisotopic (exact) mass is 422 g/mol. The van der Waals surface area contributed by atoms with Crippen LogP contribution in [0.4, 0.5) is 13.2 Å². The molecule has 0 aromatic carbocycles. The van der Waals surface area contributed by atoms with E-state index in [1.807, 2.05) is 6.92 Å². The summed E-state index contributed by atoms with van der Waals surface area (Å²) in [6, 6.07) is 0. The van der Waals surface area contributed by atoms with Gasteiger partial charge in [-0.05, 0) is 55.3 Å². The Morgan fingerprint density at radius 2 is 1.03 bits per heavy atom. The lowest BCUT2D eigenvalue weighted by atomic mass is 9.88. The zero-order valence-electron chi connectivity index (χ0n) is 21.3. The maximum absolute atomic E-state index is 12.2. The molecule has 0 aliphatic heterocycles. The highest BCUT2D eigenvalue weighted by Crippen LogP contribution is 2.45. The van der Waals surface area contributed by atoms with E-state index in [0.29, 0.717) is 5.92 Å². The van der Waals surface area contributed by atoms with Gasteiger partial charge in [-0.3, -0.25) is 0 Å². The van der Waals surface area contributed by atoms with E-state index in [0.717, 1.165) is 36.0 Å². The highest BCUT2D eigenvalue weighted by Gasteiger charge is 2.47. The second-order valence-corrected chi connectivity index (χ2v) is 10.8. The minimum Gasteiger partial charge on any atom is -0.244 e. The first-order valence-electron chi connectivity index (χ1n) is 12.2. The molecule has 0 saturated heterocycles. The Kier molecular flexibility index (Phi) is 17.6. The third-order valence-electron chi connectivity index (χ3n) is 5.65. The average Bonchev–Trinajstić information content (AvgIpc) is 3.51. The van der Waals surface area contributed by atoms with Crippen molar-refractivity contribution in [2.24, 2.45) is 35.5 Å². The molecule has 0 heterocycles. The predicted molar refractivity (Wildman–Crippen MR) is 124 cm³/mol. The molecular weight excluding hydrogens is 369 g/mol. The summed E-state index contributed by atoms with van der Waals surface area (Å²) in [5.74, 6) is 5.41. The summed E-state index contributed by atoms with van der Waals surface area (Å²) in [5.41, 5.74) is -0.792. The normalized spacial score (nSPS) is 30.9. The van der Waals surface area contributed by atoms with Crippen LogP contribution in [0.1, 0.15) is 121 Å². The van der Waals surface area contributed by atoms with Crippen LogP contribution in [-0.4, -0.2) is 12.1 Å². The van der Waals surface area contributed by atoms with Crippen LogP contribution in [0.3, 0.4) is 0 Å². The first kappa shape index (κ1) is 31.0. The highest BCUT2D eigenvalue weighted by molar-refractivity contribution is 4.96. The molecular formula is C26H53F3. The van der Waals surface area contributed by atoms with Gasteiger partial charge in [0.2, 0.25) is 6.43 Å². The van der Waals surface area contributed by atoms with Crippen LogP contribution < -0.4 is 0 Å². The summed E-state index contributed by atoms with van der Waals surface area (Å²) in [5, 5.41) is 0. The molecule has 0 aromatic rings. The van der Waals surface area contributed by atoms with Crippen molar-refractivity contribution in [3.05, 3.63) is 0 Å². The molecule has 2 unspecified atom stereocenters. The van der Waals surface area contributed by atoms with Gasteiger partial charge in [0.15, 0.2) is 0 Å². The second kappa shape index (κ2) is 16.5. The standard InChI is InChI=1S/C5H9F.2C5H10.C4H8.C4H10.C3H6F2/c1-4-3-5(4,2)6;1-4-3-5(4)2;1-5-3-2-4-5;1-4-2-3-4;1-4(2)3;1-2-3(4)5/h4H,3H2,1-2H3;4-5H,3H2,1-2H3;5H,2-4H2,1H3;4H,2-3H2,1H3;4H,1-3H3;3H,2H2,1H3/t2*4-,5?;;;;/m00..../s1. The van der Waals surface area contributed by atoms with Gasteiger partial charge in [-0.1, -0.05) is 94.4 Å². The molecule has 4 aliphatic rings. The zero-order valence-corrected chi connectivity index (χ0v) is 21.3. The number of hydrogen-bond donors (Lipinski definition) is 0. The van der Waals surface area contributed by atoms with E-state index >= 15 is 0 Å². The van der Waals surface area contributed by atoms with Gasteiger partial charge in [0.25, 0.3) is 0 Å². The molecule has 4 rings (SSSR count). The van der Waals surface area contributed by atoms with Gasteiger partial charge >= 0.3 is 0 Å². The van der Waals surface area contributed by atoms with E-state index in [4.69, 9.17) is 0 Å². The van der Waals surface area contributed by atoms with Gasteiger partial charge in [-0.15, -0.1) is 0 Å². The fourth-order valence-electron chi connectivity index (χ4n) is 1.83. The maximum Gasteiger partial charge on any atom is 0.238 e. The summed E-state index contributed by atoms with van der Waals surface area (Å²) in [6.07, 6.45) is 7.53. The molecule has 4 atom stereocenters. The number of rotatable bonds is 1. The molecule has 0 bridgehead atoms. The van der Waals surface area contributed by atoms with E-state index in [-0.39, 0.29) is 6.42 Å². The van der Waals surface area contributed by atoms with Gasteiger partial charge in [-0.25, -0.2) is 13.2 Å². The van der Waals surface area contributed by atoms with Crippen LogP contribution in [0.15, 0.2) is 0 Å². The second-order valence-electron chi connectivity index (χ2n) is 10.8. The Balaban J connectivity index is 0. The number of halogens is 3. The Hall–Kier alpha value is -0.210. The van der Waals surface area contributed by atoms with Crippen LogP contribution in [0.5, 0.6) is 0 Å². The highest BCUT2D eigenvalue weighted by atomic mass is 19.3. The van der Waals surface area contributed by atoms with Crippen molar-refractivity contribution in [2.45, 2.75) is 133 Å². The fraction of sp³-hybridized carbons (Fsp3) is 1.00. The van der Waals surface area contributed by atoms with Crippen molar-refractivity contribution < 1.29 is 13.2 Å². The van der Waals surface area contributed by atoms with Crippen molar-refractivity contribution in [1.82, 2.24) is 0 Å². The molecule has 4 aliphatic carbocycles. The average molecular weight is 423 g/mol. The maximum atomic E-state index is 12.2. The minimum absolute atomic E-state index is 0.0278. The summed E-state index contributed by atoms with van der Waals surface area (Å²) >= 11 is 0. The molecule has 0 amide bonds. The van der Waals surface area contributed by atoms with Crippen LogP contribution in [0, 0.1) is 35.5 Å². The fourth-order valence-corrected chi connectivity index (χ4v) is 1.83. The van der Waals surface area contributed by atoms with Crippen LogP contribution >= 0.6 is 0 Å². The zero-order chi connectivity index (χ0) is 23.2. The van der Waals surface area contributed by atoms with E-state index in [1.165, 1.54) is 45.4 Å². The molecule has 0 nitrogen and oxygen atoms in total. The lowest BCUT2D eigenvalue weighted by Gasteiger charge is -2.18. The first-order chi connectivity index (χ1) is 13.2. The summed E-state index contributed by atoms with van der Waals surface area (Å²) in [7, 11) is 0. The lowest BCUT2D eigenvalue weighted by Crippen LogP contribution is -2.04. The first-order valence-corrected chi connectivity index (χ1v) is 12.2. The number of alkyl halides is 3. The molecule has 0 spiro atoms. The van der Waals surface area contributed by atoms with Crippen LogP contribution in [0.2, 0.25) is 0 Å². The van der Waals surface area contributed by atoms with E-state index in [1.54, 1.807) is 6.92 Å². The van der Waals surface area contributed by atoms with E-state index in [2.05, 4.69) is 48.5 Å². The van der Waals surface area contributed by atoms with Crippen molar-refractivity contribution in [3.63, 3.8) is 0 Å². The third kappa shape index (κ3) is 27.8. The SMILES string of the molecule is CC(C)C.CC1CC1.CC1CCC1.CC1C[C@@H]1C.CCC(F)F.C[C@H]1CC1(C)F. The van der Waals surface area contributed by atoms with Crippen LogP contribution in [0.25, 0.3) is 0 Å². The van der Waals surface area contributed by atoms with Gasteiger partial charge in [0, 0.05) is 6.42 Å². The van der Waals surface area contributed by atoms with Gasteiger partial charge in [0.05, 0.1) is 0 Å². The lowest BCUT2D eigenvalue weighted by molar-refractivity contribution is 0.144. The van der Waals surface area contributed by atoms with Crippen molar-refractivity contribution in [1.29, 1.82) is 0 Å². The van der Waals surface area contributed by atoms with E-state index < -0.39 is 12.1 Å². The van der Waals surface area contributed by atoms with Crippen molar-refractivity contribution in [2.75, 3.05) is 0 Å². The smallest absolute Gasteiger partial charge is 0.238 e. The van der Waals surface area contributed by atoms with Crippen molar-refractivity contribution >= 4 is 0 Å². The molecule has 178 valence electrons. The molecule has 0 radical (unpaired) electrons. The summed E-state index contributed by atoms with van der Waals surface area (Å²) in [4.78, 5) is 0. The van der Waals surface area contributed by atoms with Crippen LogP contribution in [-0.2, 0) is 0 Å². The Bertz CT molecular complexity index is 339. The molecule has 4 fully saturated rings. The summed E-state index contributed by atoms with van der Waals surface area (Å²) in [6.45, 7) is 20.7. The van der Waals surface area contributed by atoms with E-state index in [9.17, 15) is 13.2 Å². The molecule has 29 heavy (non-hydrogen) atoms. The number of hydrogen-bond acceptors (Lipinski definition) is 0. The molecule has 3 heteroatoms. The van der Waals surface area contributed by atoms with Gasteiger partial charge in [0.1, 0.15) is 5.67 Å².